The third-order valence-corrected chi connectivity index (χ3v) is 12.8. The molecule has 3 aliphatic heterocycles. The van der Waals surface area contributed by atoms with Crippen molar-refractivity contribution in [2.75, 3.05) is 18.9 Å². The summed E-state index contributed by atoms with van der Waals surface area (Å²) in [5.74, 6) is -6.01. The van der Waals surface area contributed by atoms with E-state index in [1.807, 2.05) is 6.92 Å². The Hall–Kier alpha value is -3.53. The van der Waals surface area contributed by atoms with Crippen molar-refractivity contribution in [3.8, 4) is 0 Å². The summed E-state index contributed by atoms with van der Waals surface area (Å²) in [5, 5.41) is 116. The van der Waals surface area contributed by atoms with Gasteiger partial charge in [-0.3, -0.25) is 9.59 Å². The lowest BCUT2D eigenvalue weighted by atomic mass is 9.82. The Bertz CT molecular complexity index is 1910. The molecule has 17 atom stereocenters. The summed E-state index contributed by atoms with van der Waals surface area (Å²) in [6.45, 7) is 2.98. The fourth-order valence-corrected chi connectivity index (χ4v) is 8.66. The molecule has 0 saturated carbocycles. The van der Waals surface area contributed by atoms with Crippen molar-refractivity contribution >= 4 is 21.9 Å². The number of aliphatic hydroxyl groups excluding tert-OH is 9. The zero-order valence-electron chi connectivity index (χ0n) is 39.8. The van der Waals surface area contributed by atoms with Gasteiger partial charge in [-0.2, -0.15) is 0 Å². The minimum Gasteiger partial charge on any atom is -0.462 e. The van der Waals surface area contributed by atoms with Crippen molar-refractivity contribution < 1.29 is 88.0 Å². The average Bonchev–Trinajstić information content (AvgIpc) is 3.25. The Morgan fingerprint density at radius 3 is 1.96 bits per heavy atom. The first kappa shape index (κ1) is 60.8. The molecule has 0 aromatic carbocycles. The summed E-state index contributed by atoms with van der Waals surface area (Å²) < 4.78 is 46.1. The van der Waals surface area contributed by atoms with E-state index in [1.54, 1.807) is 85.9 Å². The van der Waals surface area contributed by atoms with Gasteiger partial charge in [0.2, 0.25) is 15.9 Å². The van der Waals surface area contributed by atoms with Gasteiger partial charge in [-0.05, 0) is 32.6 Å². The number of cyclic esters (lactones) is 1. The summed E-state index contributed by atoms with van der Waals surface area (Å²) in [4.78, 5) is 26.2. The molecule has 2 fully saturated rings. The van der Waals surface area contributed by atoms with Crippen LogP contribution in [0.2, 0.25) is 0 Å². The van der Waals surface area contributed by atoms with Gasteiger partial charge in [-0.25, -0.2) is 13.6 Å². The number of rotatable bonds is 7. The van der Waals surface area contributed by atoms with E-state index in [4.69, 9.17) is 29.8 Å². The summed E-state index contributed by atoms with van der Waals surface area (Å²) in [6.07, 6.45) is 4.25. The monoisotopic (exact) mass is 1020 g/mol. The van der Waals surface area contributed by atoms with Gasteiger partial charge < -0.3 is 81.1 Å². The second kappa shape index (κ2) is 30.5. The number of carbonyl (C=O) groups is 2. The van der Waals surface area contributed by atoms with Crippen LogP contribution in [0.3, 0.4) is 0 Å². The van der Waals surface area contributed by atoms with Crippen molar-refractivity contribution in [2.24, 2.45) is 22.7 Å². The zero-order chi connectivity index (χ0) is 52.0. The van der Waals surface area contributed by atoms with Gasteiger partial charge in [0.05, 0.1) is 91.8 Å². The highest BCUT2D eigenvalue weighted by atomic mass is 32.2. The number of primary sulfonamides is 1. The highest BCUT2D eigenvalue weighted by molar-refractivity contribution is 7.89. The Balaban J connectivity index is 1.91. The van der Waals surface area contributed by atoms with Crippen molar-refractivity contribution in [2.45, 2.75) is 169 Å². The van der Waals surface area contributed by atoms with Crippen LogP contribution >= 0.6 is 0 Å². The number of sulfonamides is 1. The third-order valence-electron chi connectivity index (χ3n) is 12.0. The molecule has 0 radical (unpaired) electrons. The van der Waals surface area contributed by atoms with E-state index < -0.39 is 151 Å². The predicted molar refractivity (Wildman–Crippen MR) is 256 cm³/mol. The number of esters is 1. The van der Waals surface area contributed by atoms with Crippen LogP contribution in [-0.4, -0.2) is 182 Å². The number of nitrogens with two attached hydrogens (primary N) is 2. The first-order valence-electron chi connectivity index (χ1n) is 23.7. The van der Waals surface area contributed by atoms with Gasteiger partial charge in [0.1, 0.15) is 12.2 Å². The molecular weight excluding hydrogens is 939 g/mol. The molecule has 3 aliphatic rings. The minimum absolute atomic E-state index is 0.0631. The van der Waals surface area contributed by atoms with Gasteiger partial charge >= 0.3 is 5.97 Å². The molecule has 15 N–H and O–H groups in total. The number of hydrogen-bond donors (Lipinski definition) is 13. The maximum atomic E-state index is 13.7. The van der Waals surface area contributed by atoms with E-state index in [0.717, 1.165) is 0 Å². The van der Waals surface area contributed by atoms with Crippen LogP contribution < -0.4 is 16.2 Å². The van der Waals surface area contributed by atoms with Crippen molar-refractivity contribution in [3.05, 3.63) is 85.1 Å². The lowest BCUT2D eigenvalue weighted by Gasteiger charge is -2.45. The number of allylic oxidation sites excluding steroid dienone is 12. The summed E-state index contributed by atoms with van der Waals surface area (Å²) in [6, 6.07) is -1.15. The summed E-state index contributed by atoms with van der Waals surface area (Å²) in [7, 11) is -3.85. The van der Waals surface area contributed by atoms with E-state index in [1.165, 1.54) is 6.08 Å². The normalized spacial score (nSPS) is 41.1. The van der Waals surface area contributed by atoms with E-state index in [-0.39, 0.29) is 57.6 Å². The van der Waals surface area contributed by atoms with Gasteiger partial charge in [-0.15, -0.1) is 0 Å². The van der Waals surface area contributed by atoms with Crippen LogP contribution in [0.5, 0.6) is 0 Å². The summed E-state index contributed by atoms with van der Waals surface area (Å²) >= 11 is 0. The number of hydrogen-bond acceptors (Lipinski definition) is 19. The maximum Gasteiger partial charge on any atom is 0.308 e. The lowest BCUT2D eigenvalue weighted by molar-refractivity contribution is -0.304. The highest BCUT2D eigenvalue weighted by Crippen LogP contribution is 2.38. The molecule has 2 saturated heterocycles. The van der Waals surface area contributed by atoms with Crippen LogP contribution in [0.25, 0.3) is 0 Å². The van der Waals surface area contributed by atoms with E-state index in [2.05, 4.69) is 5.32 Å². The first-order valence-corrected chi connectivity index (χ1v) is 25.4. The molecule has 0 aliphatic carbocycles. The smallest absolute Gasteiger partial charge is 0.308 e. The van der Waals surface area contributed by atoms with Crippen LogP contribution in [0.1, 0.15) is 78.1 Å². The Kier molecular flexibility index (Phi) is 26.5. The molecule has 1 amide bonds. The Labute approximate surface area is 410 Å². The third kappa shape index (κ3) is 22.9. The van der Waals surface area contributed by atoms with Crippen LogP contribution in [-0.2, 0) is 38.6 Å². The molecule has 3 heterocycles. The zero-order valence-corrected chi connectivity index (χ0v) is 40.6. The lowest BCUT2D eigenvalue weighted by Crippen LogP contribution is -2.59. The number of carbonyl (C=O) groups excluding carboxylic acids is 2. The molecule has 6 unspecified atom stereocenters. The molecule has 0 spiro atoms. The van der Waals surface area contributed by atoms with Crippen LogP contribution in [0.15, 0.2) is 85.1 Å². The molecule has 2 bridgehead atoms. The van der Waals surface area contributed by atoms with Crippen molar-refractivity contribution in [3.63, 3.8) is 0 Å². The molecule has 70 heavy (non-hydrogen) atoms. The summed E-state index contributed by atoms with van der Waals surface area (Å²) in [5.41, 5.74) is 5.99. The van der Waals surface area contributed by atoms with E-state index in [9.17, 15) is 69.1 Å². The largest absolute Gasteiger partial charge is 0.462 e. The van der Waals surface area contributed by atoms with E-state index in [0.29, 0.717) is 0 Å². The number of nitrogens with one attached hydrogen (secondary N) is 1. The second-order valence-corrected chi connectivity index (χ2v) is 20.1. The highest BCUT2D eigenvalue weighted by Gasteiger charge is 2.50. The van der Waals surface area contributed by atoms with Crippen LogP contribution in [0, 0.1) is 11.8 Å². The SMILES string of the molecule is C[C@H]1C[C@H](O)[C@@H](C)/C=C/C=C/C=C/C=C/C=C/C=C/C=C/C(O[C@@H]2OC[C@@H](O)[C@H](N)[C@@H]2O)C[C@@H]2OC(O)(CC(O)CC(O)C(O)CC[C@@H](O)CC(O)CC(=O)O1)C[C@H](O)[C@H]2C(=O)NCCCS(N)(=O)=O. The quantitative estimate of drug-likeness (QED) is 0.105. The Morgan fingerprint density at radius 2 is 1.34 bits per heavy atom. The predicted octanol–water partition coefficient (Wildman–Crippen LogP) is -1.21. The molecule has 0 aromatic rings. The Morgan fingerprint density at radius 1 is 0.743 bits per heavy atom. The van der Waals surface area contributed by atoms with E-state index >= 15 is 0 Å². The number of amides is 1. The van der Waals surface area contributed by atoms with Crippen molar-refractivity contribution in [1.29, 1.82) is 0 Å². The van der Waals surface area contributed by atoms with Crippen LogP contribution in [0.4, 0.5) is 0 Å². The maximum absolute atomic E-state index is 13.7. The first-order chi connectivity index (χ1) is 33.0. The van der Waals surface area contributed by atoms with Gasteiger partial charge in [0, 0.05) is 44.6 Å². The van der Waals surface area contributed by atoms with Gasteiger partial charge in [-0.1, -0.05) is 92.0 Å². The van der Waals surface area contributed by atoms with Gasteiger partial charge in [0.15, 0.2) is 12.1 Å². The fourth-order valence-electron chi connectivity index (χ4n) is 8.11. The molecule has 0 aromatic heterocycles. The standard InChI is InChI=1S/C48H77N3O18S/c1-30-16-13-11-9-7-5-3-4-6-8-10-12-14-17-35(68-47-45(61)44(49)40(59)29-66-47)26-41-43(46(62)51-20-15-21-70(50,64)65)39(58)28-48(63,69-41)27-34(54)24-38(57)36(55)19-18-32(52)23-33(53)25-42(60)67-31(2)22-37(30)56/h3-14,16-17,30-41,43-45,47,52-59,61,63H,15,18-29,49H2,1-2H3,(H,51,62)(H2,50,64,65)/b4-3+,7-5+,8-6+,11-9+,12-10+,16-13+,17-14+/t30-,31-,32+,33?,34?,35?,36?,37-,38?,39-,40+,41-,43+,44-,45-,47-,48?/m0/s1. The molecule has 3 rings (SSSR count). The minimum atomic E-state index is -3.85. The average molecular weight is 1020 g/mol. The molecular formula is C48H77N3O18S. The molecule has 21 nitrogen and oxygen atoms in total. The van der Waals surface area contributed by atoms with Crippen molar-refractivity contribution in [1.82, 2.24) is 5.32 Å². The van der Waals surface area contributed by atoms with Gasteiger partial charge in [0.25, 0.3) is 0 Å². The fraction of sp³-hybridized carbons (Fsp3) is 0.667. The number of aliphatic hydroxyl groups is 10. The second-order valence-electron chi connectivity index (χ2n) is 18.4. The number of fused-ring (bicyclic) bond motifs is 2. The molecule has 22 heteroatoms. The number of ether oxygens (including phenoxy) is 4. The topological polar surface area (TPSA) is 372 Å². The molecule has 398 valence electrons.